The quantitative estimate of drug-likeness (QED) is 0.809. The number of carbonyl (C=O) groups is 1. The van der Waals surface area contributed by atoms with Crippen LogP contribution in [-0.2, 0) is 0 Å². The molecule has 1 aliphatic rings. The molecule has 2 nitrogen and oxygen atoms in total. The third kappa shape index (κ3) is 2.58. The van der Waals surface area contributed by atoms with E-state index >= 15 is 0 Å². The Kier molecular flexibility index (Phi) is 3.34. The van der Waals surface area contributed by atoms with Gasteiger partial charge in [-0.2, -0.15) is 0 Å². The van der Waals surface area contributed by atoms with Crippen LogP contribution in [0.25, 0.3) is 0 Å². The highest BCUT2D eigenvalue weighted by Crippen LogP contribution is 2.43. The van der Waals surface area contributed by atoms with Crippen LogP contribution in [0.15, 0.2) is 18.2 Å². The predicted molar refractivity (Wildman–Crippen MR) is 70.2 cm³/mol. The lowest BCUT2D eigenvalue weighted by atomic mass is 9.65. The summed E-state index contributed by atoms with van der Waals surface area (Å²) in [6, 6.07) is 6.06. The van der Waals surface area contributed by atoms with E-state index in [0.29, 0.717) is 13.0 Å². The number of benzene rings is 1. The highest BCUT2D eigenvalue weighted by Gasteiger charge is 2.37. The fraction of sp³-hybridized carbons (Fsp3) is 0.533. The van der Waals surface area contributed by atoms with Crippen molar-refractivity contribution in [2.45, 2.75) is 39.5 Å². The van der Waals surface area contributed by atoms with E-state index in [-0.39, 0.29) is 11.2 Å². The first-order valence-corrected chi connectivity index (χ1v) is 6.36. The van der Waals surface area contributed by atoms with Crippen molar-refractivity contribution >= 4 is 5.78 Å². The second-order valence-corrected chi connectivity index (χ2v) is 5.53. The number of hydrogen-bond acceptors (Lipinski definition) is 2. The summed E-state index contributed by atoms with van der Waals surface area (Å²) in [7, 11) is 0. The number of nitrogens with two attached hydrogens (primary N) is 1. The monoisotopic (exact) mass is 231 g/mol. The zero-order chi connectivity index (χ0) is 12.5. The third-order valence-corrected chi connectivity index (χ3v) is 3.93. The van der Waals surface area contributed by atoms with Crippen LogP contribution in [0, 0.1) is 19.3 Å². The Labute approximate surface area is 103 Å². The largest absolute Gasteiger partial charge is 0.330 e. The van der Waals surface area contributed by atoms with Crippen molar-refractivity contribution in [3.63, 3.8) is 0 Å². The number of rotatable bonds is 4. The average Bonchev–Trinajstić information content (AvgIpc) is 2.21. The molecule has 17 heavy (non-hydrogen) atoms. The Morgan fingerprint density at radius 1 is 1.24 bits per heavy atom. The minimum Gasteiger partial charge on any atom is -0.330 e. The van der Waals surface area contributed by atoms with Gasteiger partial charge in [-0.1, -0.05) is 23.6 Å². The highest BCUT2D eigenvalue weighted by molar-refractivity contribution is 5.97. The van der Waals surface area contributed by atoms with Crippen LogP contribution in [0.4, 0.5) is 0 Å². The molecule has 0 saturated heterocycles. The topological polar surface area (TPSA) is 43.1 Å². The van der Waals surface area contributed by atoms with E-state index in [4.69, 9.17) is 5.73 Å². The molecular formula is C15H21NO. The Morgan fingerprint density at radius 3 is 2.24 bits per heavy atom. The number of hydrogen-bond donors (Lipinski definition) is 1. The smallest absolute Gasteiger partial charge is 0.163 e. The molecule has 0 atom stereocenters. The van der Waals surface area contributed by atoms with Gasteiger partial charge in [0.25, 0.3) is 0 Å². The SMILES string of the molecule is Cc1cc(C)cc(C(=O)CC2(CN)CCC2)c1. The lowest BCUT2D eigenvalue weighted by Gasteiger charge is -2.40. The molecule has 1 fully saturated rings. The lowest BCUT2D eigenvalue weighted by molar-refractivity contribution is 0.0786. The molecule has 1 aromatic carbocycles. The van der Waals surface area contributed by atoms with Gasteiger partial charge in [-0.3, -0.25) is 4.79 Å². The van der Waals surface area contributed by atoms with Crippen molar-refractivity contribution in [1.29, 1.82) is 0 Å². The van der Waals surface area contributed by atoms with Gasteiger partial charge in [-0.05, 0) is 50.8 Å². The zero-order valence-electron chi connectivity index (χ0n) is 10.8. The molecular weight excluding hydrogens is 210 g/mol. The standard InChI is InChI=1S/C15H21NO/c1-11-6-12(2)8-13(7-11)14(17)9-15(10-16)4-3-5-15/h6-8H,3-5,9-10,16H2,1-2H3. The summed E-state index contributed by atoms with van der Waals surface area (Å²) in [6.45, 7) is 4.71. The van der Waals surface area contributed by atoms with Gasteiger partial charge in [0.1, 0.15) is 0 Å². The maximum atomic E-state index is 12.3. The maximum Gasteiger partial charge on any atom is 0.163 e. The summed E-state index contributed by atoms with van der Waals surface area (Å²) < 4.78 is 0. The Hall–Kier alpha value is -1.15. The minimum absolute atomic E-state index is 0.106. The first kappa shape index (κ1) is 12.3. The Morgan fingerprint density at radius 2 is 1.82 bits per heavy atom. The van der Waals surface area contributed by atoms with Gasteiger partial charge < -0.3 is 5.73 Å². The van der Waals surface area contributed by atoms with Crippen LogP contribution in [0.2, 0.25) is 0 Å². The molecule has 0 aromatic heterocycles. The van der Waals surface area contributed by atoms with Crippen molar-refractivity contribution in [3.05, 3.63) is 34.9 Å². The molecule has 0 heterocycles. The molecule has 92 valence electrons. The Bertz CT molecular complexity index is 407. The van der Waals surface area contributed by atoms with Gasteiger partial charge in [0.15, 0.2) is 5.78 Å². The van der Waals surface area contributed by atoms with Crippen LogP contribution < -0.4 is 5.73 Å². The second kappa shape index (κ2) is 4.61. The molecule has 0 radical (unpaired) electrons. The molecule has 0 amide bonds. The average molecular weight is 231 g/mol. The van der Waals surface area contributed by atoms with E-state index < -0.39 is 0 Å². The second-order valence-electron chi connectivity index (χ2n) is 5.53. The summed E-state index contributed by atoms with van der Waals surface area (Å²) in [5, 5.41) is 0. The number of Topliss-reactive ketones (excluding diaryl/α,β-unsaturated/α-hetero) is 1. The molecule has 2 rings (SSSR count). The van der Waals surface area contributed by atoms with Crippen molar-refractivity contribution in [3.8, 4) is 0 Å². The summed E-state index contributed by atoms with van der Waals surface area (Å²) in [6.07, 6.45) is 4.06. The molecule has 2 heteroatoms. The fourth-order valence-corrected chi connectivity index (χ4v) is 2.71. The first-order chi connectivity index (χ1) is 8.04. The van der Waals surface area contributed by atoms with Crippen LogP contribution in [0.3, 0.4) is 0 Å². The highest BCUT2D eigenvalue weighted by atomic mass is 16.1. The summed E-state index contributed by atoms with van der Waals surface area (Å²) in [5.41, 5.74) is 9.07. The van der Waals surface area contributed by atoms with Crippen molar-refractivity contribution < 1.29 is 4.79 Å². The van der Waals surface area contributed by atoms with Gasteiger partial charge in [0.05, 0.1) is 0 Å². The van der Waals surface area contributed by atoms with Gasteiger partial charge in [-0.15, -0.1) is 0 Å². The molecule has 1 saturated carbocycles. The number of aryl methyl sites for hydroxylation is 2. The van der Waals surface area contributed by atoms with E-state index in [1.807, 2.05) is 26.0 Å². The van der Waals surface area contributed by atoms with Crippen LogP contribution in [0.5, 0.6) is 0 Å². The summed E-state index contributed by atoms with van der Waals surface area (Å²) >= 11 is 0. The molecule has 1 aliphatic carbocycles. The van der Waals surface area contributed by atoms with E-state index in [0.717, 1.165) is 29.5 Å². The van der Waals surface area contributed by atoms with Gasteiger partial charge >= 0.3 is 0 Å². The molecule has 1 aromatic rings. The van der Waals surface area contributed by atoms with E-state index in [9.17, 15) is 4.79 Å². The lowest BCUT2D eigenvalue weighted by Crippen LogP contribution is -2.39. The van der Waals surface area contributed by atoms with Crippen LogP contribution in [-0.4, -0.2) is 12.3 Å². The summed E-state index contributed by atoms with van der Waals surface area (Å²) in [4.78, 5) is 12.3. The maximum absolute atomic E-state index is 12.3. The van der Waals surface area contributed by atoms with E-state index in [1.165, 1.54) is 6.42 Å². The van der Waals surface area contributed by atoms with Crippen LogP contribution in [0.1, 0.15) is 47.2 Å². The van der Waals surface area contributed by atoms with Crippen molar-refractivity contribution in [2.24, 2.45) is 11.1 Å². The van der Waals surface area contributed by atoms with Crippen molar-refractivity contribution in [1.82, 2.24) is 0 Å². The summed E-state index contributed by atoms with van der Waals surface area (Å²) in [5.74, 6) is 0.252. The molecule has 0 spiro atoms. The van der Waals surface area contributed by atoms with Gasteiger partial charge in [0.2, 0.25) is 0 Å². The molecule has 0 aliphatic heterocycles. The molecule has 0 unspecified atom stereocenters. The zero-order valence-corrected chi connectivity index (χ0v) is 10.8. The number of ketones is 1. The van der Waals surface area contributed by atoms with Gasteiger partial charge in [-0.25, -0.2) is 0 Å². The minimum atomic E-state index is 0.106. The third-order valence-electron chi connectivity index (χ3n) is 3.93. The van der Waals surface area contributed by atoms with E-state index in [1.54, 1.807) is 0 Å². The Balaban J connectivity index is 2.14. The van der Waals surface area contributed by atoms with Crippen LogP contribution >= 0.6 is 0 Å². The molecule has 2 N–H and O–H groups in total. The molecule has 0 bridgehead atoms. The fourth-order valence-electron chi connectivity index (χ4n) is 2.71. The van der Waals surface area contributed by atoms with Gasteiger partial charge in [0, 0.05) is 12.0 Å². The first-order valence-electron chi connectivity index (χ1n) is 6.36. The number of carbonyl (C=O) groups excluding carboxylic acids is 1. The normalized spacial score (nSPS) is 17.6. The van der Waals surface area contributed by atoms with E-state index in [2.05, 4.69) is 6.07 Å². The predicted octanol–water partition coefficient (Wildman–Crippen LogP) is 3.01. The van der Waals surface area contributed by atoms with Crippen molar-refractivity contribution in [2.75, 3.05) is 6.54 Å².